The van der Waals surface area contributed by atoms with Crippen LogP contribution in [-0.2, 0) is 11.4 Å². The quantitative estimate of drug-likeness (QED) is 0.556. The minimum atomic E-state index is 0.305. The number of rotatable bonds is 4. The number of benzene rings is 3. The van der Waals surface area contributed by atoms with Crippen molar-refractivity contribution in [2.24, 2.45) is 5.90 Å². The SMILES string of the molecule is NOOc1ccc(CC2c3ccccc3C=Cc3ccccc32)cc1. The second-order valence-electron chi connectivity index (χ2n) is 6.17. The minimum Gasteiger partial charge on any atom is -0.320 e. The first kappa shape index (κ1) is 15.6. The largest absolute Gasteiger partial charge is 0.320 e. The lowest BCUT2D eigenvalue weighted by molar-refractivity contribution is -0.211. The molecule has 0 atom stereocenters. The third-order valence-electron chi connectivity index (χ3n) is 4.69. The van der Waals surface area contributed by atoms with E-state index in [1.807, 2.05) is 12.1 Å². The average Bonchev–Trinajstić information content (AvgIpc) is 2.81. The maximum atomic E-state index is 4.94. The Kier molecular flexibility index (Phi) is 4.34. The molecule has 0 aromatic heterocycles. The molecular formula is C22H19NO2. The van der Waals surface area contributed by atoms with Crippen molar-refractivity contribution < 1.29 is 9.88 Å². The van der Waals surface area contributed by atoms with Crippen molar-refractivity contribution >= 4 is 12.2 Å². The summed E-state index contributed by atoms with van der Waals surface area (Å²) in [7, 11) is 0. The molecule has 3 aromatic rings. The standard InChI is InChI=1S/C22H19NO2/c23-25-24-19-13-9-16(10-14-19)15-22-20-7-3-1-5-17(20)11-12-18-6-2-4-8-21(18)22/h1-14,22H,15,23H2. The number of nitrogens with two attached hydrogens (primary N) is 1. The lowest BCUT2D eigenvalue weighted by Gasteiger charge is -2.20. The normalized spacial score (nSPS) is 13.0. The van der Waals surface area contributed by atoms with E-state index in [2.05, 4.69) is 77.8 Å². The van der Waals surface area contributed by atoms with E-state index >= 15 is 0 Å². The van der Waals surface area contributed by atoms with Crippen LogP contribution in [0.1, 0.15) is 33.7 Å². The summed E-state index contributed by atoms with van der Waals surface area (Å²) in [6.45, 7) is 0. The highest BCUT2D eigenvalue weighted by atomic mass is 17.3. The molecule has 3 nitrogen and oxygen atoms in total. The summed E-state index contributed by atoms with van der Waals surface area (Å²) >= 11 is 0. The van der Waals surface area contributed by atoms with Crippen LogP contribution in [0.2, 0.25) is 0 Å². The fourth-order valence-corrected chi connectivity index (χ4v) is 3.50. The molecule has 0 radical (unpaired) electrons. The summed E-state index contributed by atoms with van der Waals surface area (Å²) in [5, 5.41) is 0. The van der Waals surface area contributed by atoms with Gasteiger partial charge in [0.15, 0.2) is 5.75 Å². The predicted octanol–water partition coefficient (Wildman–Crippen LogP) is 4.73. The van der Waals surface area contributed by atoms with Gasteiger partial charge in [0.25, 0.3) is 0 Å². The summed E-state index contributed by atoms with van der Waals surface area (Å²) in [4.78, 5) is 9.07. The van der Waals surface area contributed by atoms with Crippen molar-refractivity contribution in [1.82, 2.24) is 0 Å². The highest BCUT2D eigenvalue weighted by Crippen LogP contribution is 2.36. The Hall–Kier alpha value is -2.88. The van der Waals surface area contributed by atoms with Crippen molar-refractivity contribution in [1.29, 1.82) is 0 Å². The maximum Gasteiger partial charge on any atom is 0.167 e. The van der Waals surface area contributed by atoms with Crippen molar-refractivity contribution in [3.8, 4) is 5.75 Å². The van der Waals surface area contributed by atoms with Gasteiger partial charge in [-0.05, 0) is 46.4 Å². The van der Waals surface area contributed by atoms with Crippen LogP contribution in [-0.4, -0.2) is 0 Å². The zero-order chi connectivity index (χ0) is 17.1. The first-order valence-corrected chi connectivity index (χ1v) is 8.33. The molecule has 0 spiro atoms. The smallest absolute Gasteiger partial charge is 0.167 e. The Balaban J connectivity index is 1.74. The van der Waals surface area contributed by atoms with Crippen molar-refractivity contribution in [3.05, 3.63) is 101 Å². The molecule has 4 rings (SSSR count). The number of fused-ring (bicyclic) bond motifs is 2. The zero-order valence-electron chi connectivity index (χ0n) is 13.8. The van der Waals surface area contributed by atoms with Gasteiger partial charge in [-0.15, -0.1) is 0 Å². The van der Waals surface area contributed by atoms with Crippen molar-refractivity contribution in [2.75, 3.05) is 0 Å². The molecule has 0 fully saturated rings. The van der Waals surface area contributed by atoms with Gasteiger partial charge in [0, 0.05) is 5.92 Å². The summed E-state index contributed by atoms with van der Waals surface area (Å²) in [6.07, 6.45) is 5.34. The van der Waals surface area contributed by atoms with Crippen LogP contribution in [0, 0.1) is 0 Å². The fourth-order valence-electron chi connectivity index (χ4n) is 3.50. The molecule has 0 amide bonds. The van der Waals surface area contributed by atoms with E-state index < -0.39 is 0 Å². The molecule has 3 heteroatoms. The highest BCUT2D eigenvalue weighted by molar-refractivity contribution is 5.76. The van der Waals surface area contributed by atoms with Crippen molar-refractivity contribution in [3.63, 3.8) is 0 Å². The molecule has 3 aromatic carbocycles. The van der Waals surface area contributed by atoms with Gasteiger partial charge < -0.3 is 4.89 Å². The van der Waals surface area contributed by atoms with Gasteiger partial charge in [-0.25, -0.2) is 0 Å². The van der Waals surface area contributed by atoms with E-state index in [9.17, 15) is 0 Å². The fraction of sp³-hybridized carbons (Fsp3) is 0.0909. The summed E-state index contributed by atoms with van der Waals surface area (Å²) in [6, 6.07) is 25.1. The molecule has 0 aliphatic heterocycles. The summed E-state index contributed by atoms with van der Waals surface area (Å²) in [5.74, 6) is 5.84. The maximum absolute atomic E-state index is 4.94. The lowest BCUT2D eigenvalue weighted by Crippen LogP contribution is -2.07. The second-order valence-corrected chi connectivity index (χ2v) is 6.17. The lowest BCUT2D eigenvalue weighted by atomic mass is 9.83. The van der Waals surface area contributed by atoms with E-state index in [0.717, 1.165) is 6.42 Å². The van der Waals surface area contributed by atoms with Crippen LogP contribution >= 0.6 is 0 Å². The first-order valence-electron chi connectivity index (χ1n) is 8.33. The van der Waals surface area contributed by atoms with E-state index in [1.165, 1.54) is 27.8 Å². The molecule has 1 aliphatic rings. The molecule has 0 heterocycles. The topological polar surface area (TPSA) is 44.5 Å². The molecule has 25 heavy (non-hydrogen) atoms. The zero-order valence-corrected chi connectivity index (χ0v) is 13.8. The van der Waals surface area contributed by atoms with E-state index in [1.54, 1.807) is 0 Å². The molecule has 0 unspecified atom stereocenters. The molecular weight excluding hydrogens is 310 g/mol. The van der Waals surface area contributed by atoms with Gasteiger partial charge in [-0.3, -0.25) is 0 Å². The van der Waals surface area contributed by atoms with Crippen LogP contribution in [0.5, 0.6) is 5.75 Å². The number of hydrogen-bond acceptors (Lipinski definition) is 3. The molecule has 1 aliphatic carbocycles. The van der Waals surface area contributed by atoms with Crippen LogP contribution in [0.25, 0.3) is 12.2 Å². The van der Waals surface area contributed by atoms with Crippen LogP contribution in [0.15, 0.2) is 72.8 Å². The van der Waals surface area contributed by atoms with E-state index in [4.69, 9.17) is 10.8 Å². The van der Waals surface area contributed by atoms with Crippen molar-refractivity contribution in [2.45, 2.75) is 12.3 Å². The summed E-state index contributed by atoms with van der Waals surface area (Å²) < 4.78 is 0. The van der Waals surface area contributed by atoms with Gasteiger partial charge in [0.05, 0.1) is 0 Å². The Morgan fingerprint density at radius 1 is 0.720 bits per heavy atom. The van der Waals surface area contributed by atoms with E-state index in [-0.39, 0.29) is 0 Å². The average molecular weight is 329 g/mol. The third kappa shape index (κ3) is 3.20. The van der Waals surface area contributed by atoms with Gasteiger partial charge >= 0.3 is 0 Å². The Morgan fingerprint density at radius 3 is 1.84 bits per heavy atom. The predicted molar refractivity (Wildman–Crippen MR) is 99.7 cm³/mol. The van der Waals surface area contributed by atoms with Crippen LogP contribution < -0.4 is 10.8 Å². The van der Waals surface area contributed by atoms with Crippen LogP contribution in [0.3, 0.4) is 0 Å². The Bertz CT molecular complexity index is 850. The van der Waals surface area contributed by atoms with Gasteiger partial charge in [0.1, 0.15) is 0 Å². The van der Waals surface area contributed by atoms with Gasteiger partial charge in [-0.2, -0.15) is 5.90 Å². The molecule has 0 saturated carbocycles. The minimum absolute atomic E-state index is 0.305. The highest BCUT2D eigenvalue weighted by Gasteiger charge is 2.21. The van der Waals surface area contributed by atoms with Crippen LogP contribution in [0.4, 0.5) is 0 Å². The Labute approximate surface area is 147 Å². The molecule has 0 saturated heterocycles. The number of hydrogen-bond donors (Lipinski definition) is 1. The summed E-state index contributed by atoms with van der Waals surface area (Å²) in [5.41, 5.74) is 6.50. The molecule has 0 bridgehead atoms. The van der Waals surface area contributed by atoms with Gasteiger partial charge in [-0.1, -0.05) is 77.8 Å². The molecule has 2 N–H and O–H groups in total. The Morgan fingerprint density at radius 2 is 1.28 bits per heavy atom. The third-order valence-corrected chi connectivity index (χ3v) is 4.69. The van der Waals surface area contributed by atoms with E-state index in [0.29, 0.717) is 11.7 Å². The first-order chi connectivity index (χ1) is 12.3. The molecule has 124 valence electrons. The van der Waals surface area contributed by atoms with Gasteiger partial charge in [0.2, 0.25) is 0 Å². The second kappa shape index (κ2) is 6.93. The monoisotopic (exact) mass is 329 g/mol.